The van der Waals surface area contributed by atoms with Crippen LogP contribution >= 0.6 is 0 Å². The predicted octanol–water partition coefficient (Wildman–Crippen LogP) is 2.34. The number of aryl methyl sites for hydroxylation is 1. The molecule has 25 heavy (non-hydrogen) atoms. The van der Waals surface area contributed by atoms with Gasteiger partial charge in [0, 0.05) is 42.0 Å². The van der Waals surface area contributed by atoms with Crippen LogP contribution < -0.4 is 10.6 Å². The summed E-state index contributed by atoms with van der Waals surface area (Å²) in [5, 5.41) is 6.29. The van der Waals surface area contributed by atoms with Gasteiger partial charge in [-0.15, -0.1) is 0 Å². The largest absolute Gasteiger partial charge is 0.350 e. The summed E-state index contributed by atoms with van der Waals surface area (Å²) in [4.78, 5) is 27.6. The molecule has 0 saturated carbocycles. The van der Waals surface area contributed by atoms with Crippen LogP contribution in [-0.2, 0) is 16.6 Å². The van der Waals surface area contributed by atoms with E-state index in [9.17, 15) is 9.59 Å². The first-order valence-corrected chi connectivity index (χ1v) is 7.83. The fourth-order valence-electron chi connectivity index (χ4n) is 2.54. The minimum atomic E-state index is -0.325. The third-order valence-electron chi connectivity index (χ3n) is 3.71. The molecule has 0 atom stereocenters. The van der Waals surface area contributed by atoms with Crippen molar-refractivity contribution in [1.82, 2.24) is 14.9 Å². The first-order chi connectivity index (χ1) is 12.1. The zero-order valence-electron chi connectivity index (χ0n) is 13.8. The number of fused-ring (bicyclic) bond motifs is 1. The number of para-hydroxylation sites is 1. The Morgan fingerprint density at radius 3 is 2.84 bits per heavy atom. The van der Waals surface area contributed by atoms with Crippen molar-refractivity contribution < 1.29 is 9.59 Å². The number of carbonyl (C=O) groups excluding carboxylic acids is 2. The molecular weight excluding hydrogens is 316 g/mol. The minimum Gasteiger partial charge on any atom is -0.350 e. The summed E-state index contributed by atoms with van der Waals surface area (Å²) >= 11 is 0. The zero-order valence-corrected chi connectivity index (χ0v) is 13.8. The van der Waals surface area contributed by atoms with Gasteiger partial charge in [0.15, 0.2) is 0 Å². The highest BCUT2D eigenvalue weighted by Crippen LogP contribution is 2.21. The molecule has 2 N–H and O–H groups in total. The van der Waals surface area contributed by atoms with Crippen LogP contribution in [0.25, 0.3) is 17.0 Å². The summed E-state index contributed by atoms with van der Waals surface area (Å²) in [5.41, 5.74) is 2.64. The van der Waals surface area contributed by atoms with Gasteiger partial charge in [-0.25, -0.2) is 0 Å². The molecule has 2 amide bonds. The molecule has 2 aromatic heterocycles. The average molecular weight is 334 g/mol. The van der Waals surface area contributed by atoms with E-state index in [1.165, 1.54) is 6.08 Å². The topological polar surface area (TPSA) is 76.0 Å². The maximum absolute atomic E-state index is 11.9. The Morgan fingerprint density at radius 1 is 1.20 bits per heavy atom. The van der Waals surface area contributed by atoms with Crippen molar-refractivity contribution in [3.8, 4) is 0 Å². The number of rotatable bonds is 5. The zero-order chi connectivity index (χ0) is 17.6. The van der Waals surface area contributed by atoms with Crippen molar-refractivity contribution in [2.45, 2.75) is 0 Å². The molecule has 0 aliphatic rings. The molecule has 6 nitrogen and oxygen atoms in total. The van der Waals surface area contributed by atoms with E-state index < -0.39 is 0 Å². The minimum absolute atomic E-state index is 0.104. The molecule has 0 unspecified atom stereocenters. The highest BCUT2D eigenvalue weighted by Gasteiger charge is 2.05. The number of pyridine rings is 1. The van der Waals surface area contributed by atoms with E-state index in [1.54, 1.807) is 30.6 Å². The van der Waals surface area contributed by atoms with E-state index in [4.69, 9.17) is 0 Å². The van der Waals surface area contributed by atoms with Gasteiger partial charge in [-0.3, -0.25) is 14.6 Å². The van der Waals surface area contributed by atoms with Crippen LogP contribution in [0.2, 0.25) is 0 Å². The Labute approximate surface area is 145 Å². The molecule has 3 aromatic rings. The molecule has 0 radical (unpaired) electrons. The third kappa shape index (κ3) is 4.11. The standard InChI is InChI=1S/C19H18N4O2/c1-23-13-14(16-6-2-3-7-17(16)23)8-9-18(24)21-12-19(25)22-15-5-4-10-20-11-15/h2-11,13H,12H2,1H3,(H,21,24)(H,22,25). The number of benzene rings is 1. The van der Waals surface area contributed by atoms with Crippen molar-refractivity contribution in [1.29, 1.82) is 0 Å². The van der Waals surface area contributed by atoms with E-state index in [-0.39, 0.29) is 18.4 Å². The van der Waals surface area contributed by atoms with Crippen molar-refractivity contribution in [3.63, 3.8) is 0 Å². The van der Waals surface area contributed by atoms with Crippen LogP contribution in [0.4, 0.5) is 5.69 Å². The van der Waals surface area contributed by atoms with Crippen molar-refractivity contribution in [2.75, 3.05) is 11.9 Å². The maximum Gasteiger partial charge on any atom is 0.244 e. The molecular formula is C19H18N4O2. The molecule has 126 valence electrons. The molecule has 0 aliphatic carbocycles. The highest BCUT2D eigenvalue weighted by atomic mass is 16.2. The van der Waals surface area contributed by atoms with E-state index in [0.717, 1.165) is 16.5 Å². The van der Waals surface area contributed by atoms with Gasteiger partial charge >= 0.3 is 0 Å². The molecule has 0 fully saturated rings. The smallest absolute Gasteiger partial charge is 0.244 e. The van der Waals surface area contributed by atoms with E-state index in [1.807, 2.05) is 42.1 Å². The van der Waals surface area contributed by atoms with E-state index in [2.05, 4.69) is 15.6 Å². The second-order valence-corrected chi connectivity index (χ2v) is 5.55. The van der Waals surface area contributed by atoms with Gasteiger partial charge in [0.05, 0.1) is 18.4 Å². The van der Waals surface area contributed by atoms with Gasteiger partial charge in [-0.05, 0) is 24.3 Å². The van der Waals surface area contributed by atoms with E-state index >= 15 is 0 Å². The number of anilines is 1. The molecule has 1 aromatic carbocycles. The first-order valence-electron chi connectivity index (χ1n) is 7.83. The number of nitrogens with zero attached hydrogens (tertiary/aromatic N) is 2. The number of hydrogen-bond acceptors (Lipinski definition) is 3. The van der Waals surface area contributed by atoms with Crippen LogP contribution in [0.15, 0.2) is 61.1 Å². The lowest BCUT2D eigenvalue weighted by Crippen LogP contribution is -2.31. The number of amides is 2. The summed E-state index contributed by atoms with van der Waals surface area (Å²) in [7, 11) is 1.96. The lowest BCUT2D eigenvalue weighted by molar-refractivity contribution is -0.121. The quantitative estimate of drug-likeness (QED) is 0.703. The average Bonchev–Trinajstić information content (AvgIpc) is 2.95. The molecule has 2 heterocycles. The Kier molecular flexibility index (Phi) is 4.89. The van der Waals surface area contributed by atoms with Gasteiger partial charge in [-0.1, -0.05) is 18.2 Å². The Balaban J connectivity index is 1.57. The van der Waals surface area contributed by atoms with Gasteiger partial charge in [0.25, 0.3) is 0 Å². The normalized spacial score (nSPS) is 10.9. The van der Waals surface area contributed by atoms with Gasteiger partial charge in [0.2, 0.25) is 11.8 Å². The molecule has 0 bridgehead atoms. The fourth-order valence-corrected chi connectivity index (χ4v) is 2.54. The summed E-state index contributed by atoms with van der Waals surface area (Å²) in [6.07, 6.45) is 8.30. The second kappa shape index (κ2) is 7.44. The number of nitrogens with one attached hydrogen (secondary N) is 2. The van der Waals surface area contributed by atoms with Gasteiger partial charge in [0.1, 0.15) is 0 Å². The van der Waals surface area contributed by atoms with Crippen molar-refractivity contribution in [3.05, 3.63) is 66.6 Å². The second-order valence-electron chi connectivity index (χ2n) is 5.55. The van der Waals surface area contributed by atoms with Gasteiger partial charge in [-0.2, -0.15) is 0 Å². The van der Waals surface area contributed by atoms with Crippen LogP contribution in [-0.4, -0.2) is 27.9 Å². The molecule has 6 heteroatoms. The van der Waals surface area contributed by atoms with Crippen LogP contribution in [0.3, 0.4) is 0 Å². The third-order valence-corrected chi connectivity index (χ3v) is 3.71. The van der Waals surface area contributed by atoms with Crippen LogP contribution in [0.5, 0.6) is 0 Å². The number of aromatic nitrogens is 2. The highest BCUT2D eigenvalue weighted by molar-refractivity contribution is 5.99. The van der Waals surface area contributed by atoms with Crippen LogP contribution in [0, 0.1) is 0 Å². The molecule has 0 spiro atoms. The summed E-state index contributed by atoms with van der Waals surface area (Å²) in [6, 6.07) is 11.4. The van der Waals surface area contributed by atoms with Gasteiger partial charge < -0.3 is 15.2 Å². The molecule has 3 rings (SSSR count). The number of hydrogen-bond donors (Lipinski definition) is 2. The van der Waals surface area contributed by atoms with E-state index in [0.29, 0.717) is 5.69 Å². The van der Waals surface area contributed by atoms with Crippen LogP contribution in [0.1, 0.15) is 5.56 Å². The molecule has 0 aliphatic heterocycles. The Morgan fingerprint density at radius 2 is 2.04 bits per heavy atom. The maximum atomic E-state index is 11.9. The Hall–Kier alpha value is -3.41. The summed E-state index contributed by atoms with van der Waals surface area (Å²) < 4.78 is 2.01. The summed E-state index contributed by atoms with van der Waals surface area (Å²) in [5.74, 6) is -0.630. The van der Waals surface area contributed by atoms with Crippen molar-refractivity contribution in [2.24, 2.45) is 7.05 Å². The monoisotopic (exact) mass is 334 g/mol. The lowest BCUT2D eigenvalue weighted by Gasteiger charge is -2.04. The predicted molar refractivity (Wildman–Crippen MR) is 97.8 cm³/mol. The molecule has 0 saturated heterocycles. The number of carbonyl (C=O) groups is 2. The van der Waals surface area contributed by atoms with Crippen molar-refractivity contribution >= 4 is 34.5 Å². The Bertz CT molecular complexity index is 929. The SMILES string of the molecule is Cn1cc(C=CC(=O)NCC(=O)Nc2cccnc2)c2ccccc21. The fraction of sp³-hybridized carbons (Fsp3) is 0.105. The summed E-state index contributed by atoms with van der Waals surface area (Å²) in [6.45, 7) is -0.104. The lowest BCUT2D eigenvalue weighted by atomic mass is 10.1. The first kappa shape index (κ1) is 16.4.